The van der Waals surface area contributed by atoms with E-state index in [1.54, 1.807) is 6.33 Å². The molecule has 2 heterocycles. The topological polar surface area (TPSA) is 55.7 Å². The molecule has 1 radical (unpaired) electrons. The summed E-state index contributed by atoms with van der Waals surface area (Å²) in [4.78, 5) is 14.6. The predicted molar refractivity (Wildman–Crippen MR) is 39.2 cm³/mol. The summed E-state index contributed by atoms with van der Waals surface area (Å²) < 4.78 is 0.697. The van der Waals surface area contributed by atoms with Gasteiger partial charge in [0, 0.05) is 0 Å². The van der Waals surface area contributed by atoms with Gasteiger partial charge in [-0.25, -0.2) is 4.98 Å². The molecule has 0 saturated carbocycles. The molecule has 6 heteroatoms. The van der Waals surface area contributed by atoms with Gasteiger partial charge in [0.25, 0.3) is 4.64 Å². The average Bonchev–Trinajstić information content (AvgIpc) is 2.36. The summed E-state index contributed by atoms with van der Waals surface area (Å²) in [6.45, 7) is 0. The minimum absolute atomic E-state index is 0. The van der Waals surface area contributed by atoms with Crippen LogP contribution >= 0.6 is 0 Å². The van der Waals surface area contributed by atoms with Gasteiger partial charge in [-0.3, -0.25) is 4.98 Å². The van der Waals surface area contributed by atoms with Crippen LogP contribution in [0.25, 0.3) is 11.2 Å². The monoisotopic (exact) mass is 215 g/mol. The van der Waals surface area contributed by atoms with Crippen LogP contribution in [0.3, 0.4) is 0 Å². The van der Waals surface area contributed by atoms with Crippen molar-refractivity contribution in [3.63, 3.8) is 0 Å². The molecule has 0 aliphatic carbocycles. The Morgan fingerprint density at radius 1 is 1.45 bits per heavy atom. The summed E-state index contributed by atoms with van der Waals surface area (Å²) in [7, 11) is 0. The fraction of sp³-hybridized carbons (Fsp3) is 0. The summed E-state index contributed by atoms with van der Waals surface area (Å²) in [5, 5.41) is 0. The van der Waals surface area contributed by atoms with Gasteiger partial charge >= 0.3 is 17.1 Å². The van der Waals surface area contributed by atoms with Gasteiger partial charge in [0.1, 0.15) is 0 Å². The van der Waals surface area contributed by atoms with Crippen molar-refractivity contribution in [1.29, 1.82) is 0 Å². The Bertz CT molecular complexity index is 406. The first-order chi connectivity index (χ1) is 4.88. The second kappa shape index (κ2) is 3.13. The number of fused-ring (bicyclic) bond motifs is 1. The number of thiol groups is 1. The number of aromatic amines is 1. The van der Waals surface area contributed by atoms with Crippen molar-refractivity contribution in [2.24, 2.45) is 0 Å². The largest absolute Gasteiger partial charge is 2.00 e. The summed E-state index contributed by atoms with van der Waals surface area (Å²) in [6.07, 6.45) is 3.00. The third kappa shape index (κ3) is 1.33. The number of nitrogens with one attached hydrogen (secondary N) is 1. The molecule has 0 saturated heterocycles. The molecule has 1 N–H and O–H groups in total. The number of imidazole rings is 1. The quantitative estimate of drug-likeness (QED) is 0.285. The van der Waals surface area contributed by atoms with Crippen molar-refractivity contribution in [1.82, 2.24) is 19.9 Å². The predicted octanol–water partition coefficient (Wildman–Crippen LogP) is -0.276. The van der Waals surface area contributed by atoms with Crippen LogP contribution in [0.5, 0.6) is 0 Å². The number of nitrogens with zero attached hydrogens (tertiary/aromatic N) is 3. The fourth-order valence-electron chi connectivity index (χ4n) is 0.745. The zero-order valence-corrected chi connectivity index (χ0v) is 7.08. The Labute approximate surface area is 77.9 Å². The van der Waals surface area contributed by atoms with Crippen molar-refractivity contribution < 1.29 is 17.1 Å². The fourth-order valence-corrected chi connectivity index (χ4v) is 0.960. The van der Waals surface area contributed by atoms with Crippen molar-refractivity contribution in [3.05, 3.63) is 17.3 Å². The second-order valence-corrected chi connectivity index (χ2v) is 2.24. The minimum atomic E-state index is 0. The van der Waals surface area contributed by atoms with Crippen molar-refractivity contribution >= 4 is 23.4 Å². The SMILES string of the molecule is [Cu+2].[SH+]=c1[nH]cnc2nc[n-]c12. The minimum Gasteiger partial charge on any atom is -0.436 e. The molecule has 0 unspecified atom stereocenters. The Morgan fingerprint density at radius 3 is 3.00 bits per heavy atom. The van der Waals surface area contributed by atoms with Crippen molar-refractivity contribution in [2.75, 3.05) is 0 Å². The molecule has 59 valence electrons. The number of hydrogen-bond donors (Lipinski definition) is 1. The molecule has 0 aliphatic rings. The standard InChI is InChI=1S/C5H4N4S.Cu/c10-5-3-4(7-1-6-3)8-2-9-5;/h1-2H,(H2,6,7,8,9,10);/q;+2. The van der Waals surface area contributed by atoms with E-state index in [4.69, 9.17) is 0 Å². The molecule has 2 aromatic heterocycles. The molecule has 2 aromatic rings. The smallest absolute Gasteiger partial charge is 0.436 e. The van der Waals surface area contributed by atoms with E-state index in [0.717, 1.165) is 0 Å². The summed E-state index contributed by atoms with van der Waals surface area (Å²) >= 11 is 4.12. The van der Waals surface area contributed by atoms with Crippen LogP contribution in [0.15, 0.2) is 12.7 Å². The van der Waals surface area contributed by atoms with E-state index >= 15 is 0 Å². The molecule has 0 spiro atoms. The van der Waals surface area contributed by atoms with E-state index in [-0.39, 0.29) is 17.1 Å². The van der Waals surface area contributed by atoms with Gasteiger partial charge in [-0.15, -0.1) is 0 Å². The van der Waals surface area contributed by atoms with Gasteiger partial charge in [-0.1, -0.05) is 6.33 Å². The molecule has 11 heavy (non-hydrogen) atoms. The summed E-state index contributed by atoms with van der Waals surface area (Å²) in [5.41, 5.74) is 1.34. The zero-order valence-electron chi connectivity index (χ0n) is 5.25. The van der Waals surface area contributed by atoms with E-state index in [1.165, 1.54) is 6.33 Å². The van der Waals surface area contributed by atoms with Gasteiger partial charge in [0.15, 0.2) is 12.2 Å². The molecular weight excluding hydrogens is 212 g/mol. The van der Waals surface area contributed by atoms with Crippen LogP contribution in [0, 0.1) is 4.64 Å². The molecular formula is C5H4CuN4S+2. The van der Waals surface area contributed by atoms with Crippen molar-refractivity contribution in [3.8, 4) is 0 Å². The molecule has 2 rings (SSSR count). The average molecular weight is 216 g/mol. The number of hydrogen-bond acceptors (Lipinski definition) is 2. The van der Waals surface area contributed by atoms with Gasteiger partial charge in [0.2, 0.25) is 0 Å². The van der Waals surface area contributed by atoms with Crippen LogP contribution in [-0.2, 0) is 29.3 Å². The van der Waals surface area contributed by atoms with Gasteiger partial charge in [-0.2, -0.15) is 0 Å². The molecule has 4 nitrogen and oxygen atoms in total. The van der Waals surface area contributed by atoms with E-state index in [9.17, 15) is 0 Å². The van der Waals surface area contributed by atoms with E-state index in [0.29, 0.717) is 15.8 Å². The number of H-pyrrole nitrogens is 1. The Morgan fingerprint density at radius 2 is 2.27 bits per heavy atom. The Hall–Kier alpha value is -0.711. The molecule has 0 fully saturated rings. The second-order valence-electron chi connectivity index (χ2n) is 1.80. The van der Waals surface area contributed by atoms with Crippen LogP contribution in [0.2, 0.25) is 0 Å². The Balaban J connectivity index is 0.000000605. The molecule has 0 atom stereocenters. The first-order valence-corrected chi connectivity index (χ1v) is 3.15. The first kappa shape index (κ1) is 8.39. The summed E-state index contributed by atoms with van der Waals surface area (Å²) in [6, 6.07) is 0. The molecule has 0 aromatic carbocycles. The van der Waals surface area contributed by atoms with Gasteiger partial charge in [0.05, 0.1) is 17.5 Å². The number of aromatic nitrogens is 4. The normalized spacial score (nSPS) is 9.45. The van der Waals surface area contributed by atoms with E-state index < -0.39 is 0 Å². The Kier molecular flexibility index (Phi) is 2.38. The maximum absolute atomic E-state index is 4.12. The van der Waals surface area contributed by atoms with E-state index in [2.05, 4.69) is 32.2 Å². The third-order valence-corrected chi connectivity index (χ3v) is 1.53. The van der Waals surface area contributed by atoms with Crippen LogP contribution in [0.4, 0.5) is 0 Å². The van der Waals surface area contributed by atoms with Crippen LogP contribution < -0.4 is 4.98 Å². The first-order valence-electron chi connectivity index (χ1n) is 2.71. The van der Waals surface area contributed by atoms with Crippen LogP contribution in [-0.4, -0.2) is 15.0 Å². The third-order valence-electron chi connectivity index (χ3n) is 1.19. The molecule has 0 aliphatic heterocycles. The van der Waals surface area contributed by atoms with Gasteiger partial charge < -0.3 is 9.97 Å². The number of rotatable bonds is 0. The van der Waals surface area contributed by atoms with Crippen LogP contribution in [0.1, 0.15) is 0 Å². The van der Waals surface area contributed by atoms with Gasteiger partial charge in [-0.05, 0) is 0 Å². The molecule has 0 amide bonds. The molecule has 0 bridgehead atoms. The van der Waals surface area contributed by atoms with Crippen molar-refractivity contribution in [2.45, 2.75) is 0 Å². The summed E-state index contributed by atoms with van der Waals surface area (Å²) in [5.74, 6) is 0. The maximum Gasteiger partial charge on any atom is 2.00 e. The zero-order chi connectivity index (χ0) is 6.97. The maximum atomic E-state index is 4.12. The van der Waals surface area contributed by atoms with E-state index in [1.807, 2.05) is 0 Å².